The van der Waals surface area contributed by atoms with E-state index in [0.29, 0.717) is 5.57 Å². The lowest BCUT2D eigenvalue weighted by Gasteiger charge is -2.23. The van der Waals surface area contributed by atoms with Crippen molar-refractivity contribution in [1.29, 1.82) is 0 Å². The van der Waals surface area contributed by atoms with Crippen molar-refractivity contribution in [2.24, 2.45) is 4.99 Å². The molecule has 0 aromatic carbocycles. The Hall–Kier alpha value is -1.64. The van der Waals surface area contributed by atoms with Gasteiger partial charge in [-0.1, -0.05) is 32.6 Å². The van der Waals surface area contributed by atoms with Gasteiger partial charge in [0.1, 0.15) is 5.84 Å². The van der Waals surface area contributed by atoms with Crippen molar-refractivity contribution >= 4 is 11.6 Å². The summed E-state index contributed by atoms with van der Waals surface area (Å²) >= 11 is 0. The van der Waals surface area contributed by atoms with Gasteiger partial charge in [0.05, 0.1) is 5.70 Å². The molecule has 118 valence electrons. The molecule has 21 heavy (non-hydrogen) atoms. The summed E-state index contributed by atoms with van der Waals surface area (Å²) in [6.45, 7) is 17.5. The number of hydrogen-bond donors (Lipinski definition) is 0. The first-order valence-electron chi connectivity index (χ1n) is 7.73. The van der Waals surface area contributed by atoms with Crippen molar-refractivity contribution in [3.8, 4) is 0 Å². The van der Waals surface area contributed by atoms with E-state index >= 15 is 0 Å². The Morgan fingerprint density at radius 2 is 1.67 bits per heavy atom. The lowest BCUT2D eigenvalue weighted by molar-refractivity contribution is -0.113. The molecule has 0 amide bonds. The van der Waals surface area contributed by atoms with Gasteiger partial charge < -0.3 is 4.90 Å². The third-order valence-corrected chi connectivity index (χ3v) is 3.36. The number of aliphatic imine (C=N–C) groups is 1. The van der Waals surface area contributed by atoms with E-state index in [-0.39, 0.29) is 5.78 Å². The number of allylic oxidation sites excluding steroid dienone is 4. The van der Waals surface area contributed by atoms with Crippen LogP contribution in [0.25, 0.3) is 0 Å². The number of carbonyl (C=O) groups is 1. The Kier molecular flexibility index (Phi) is 9.35. The third-order valence-electron chi connectivity index (χ3n) is 3.36. The smallest absolute Gasteiger partial charge is 0.161 e. The van der Waals surface area contributed by atoms with Crippen molar-refractivity contribution in [2.75, 3.05) is 13.1 Å². The van der Waals surface area contributed by atoms with Gasteiger partial charge in [0.2, 0.25) is 0 Å². The Labute approximate surface area is 130 Å². The van der Waals surface area contributed by atoms with E-state index in [9.17, 15) is 4.79 Å². The molecule has 3 nitrogen and oxygen atoms in total. The molecule has 0 fully saturated rings. The van der Waals surface area contributed by atoms with Crippen LogP contribution >= 0.6 is 0 Å². The number of Topliss-reactive ketones (excluding diaryl/α,β-unsaturated/α-hetero) is 1. The fourth-order valence-corrected chi connectivity index (χ4v) is 2.11. The van der Waals surface area contributed by atoms with Crippen LogP contribution in [-0.2, 0) is 4.79 Å². The Morgan fingerprint density at radius 3 is 2.00 bits per heavy atom. The van der Waals surface area contributed by atoms with Crippen LogP contribution in [0.3, 0.4) is 0 Å². The molecule has 0 spiro atoms. The molecule has 0 aliphatic carbocycles. The van der Waals surface area contributed by atoms with Crippen LogP contribution < -0.4 is 0 Å². The average molecular weight is 290 g/mol. The molecular formula is C18H30N2O. The van der Waals surface area contributed by atoms with Gasteiger partial charge in [0.15, 0.2) is 5.78 Å². The van der Waals surface area contributed by atoms with Gasteiger partial charge in [0, 0.05) is 18.7 Å². The van der Waals surface area contributed by atoms with Gasteiger partial charge >= 0.3 is 0 Å². The summed E-state index contributed by atoms with van der Waals surface area (Å²) in [5.74, 6) is 0.950. The third kappa shape index (κ3) is 6.11. The molecule has 0 aromatic rings. The van der Waals surface area contributed by atoms with Gasteiger partial charge in [-0.25, -0.2) is 4.99 Å². The molecule has 0 atom stereocenters. The normalized spacial score (nSPS) is 13.8. The van der Waals surface area contributed by atoms with E-state index in [0.717, 1.165) is 43.0 Å². The molecule has 0 N–H and O–H groups in total. The highest BCUT2D eigenvalue weighted by Gasteiger charge is 2.12. The predicted molar refractivity (Wildman–Crippen MR) is 92.6 cm³/mol. The quantitative estimate of drug-likeness (QED) is 0.285. The summed E-state index contributed by atoms with van der Waals surface area (Å²) in [5.41, 5.74) is 2.31. The summed E-state index contributed by atoms with van der Waals surface area (Å²) in [7, 11) is 0. The highest BCUT2D eigenvalue weighted by atomic mass is 16.1. The standard InChI is InChI=1S/C18H30N2O/c1-8-12-20(13-9-2)16(7)19-18(14(5)10-3)17(11-4)15(6)21/h10-11H,4,8-9,12-13H2,1-3,5-7H3/b14-10-,18-17+,19-16?. The minimum atomic E-state index is -0.00437. The summed E-state index contributed by atoms with van der Waals surface area (Å²) in [5, 5.41) is 0. The summed E-state index contributed by atoms with van der Waals surface area (Å²) in [6, 6.07) is 0. The molecule has 0 unspecified atom stereocenters. The van der Waals surface area contributed by atoms with Gasteiger partial charge in [-0.15, -0.1) is 0 Å². The minimum absolute atomic E-state index is 0.00437. The van der Waals surface area contributed by atoms with Crippen LogP contribution in [0.5, 0.6) is 0 Å². The van der Waals surface area contributed by atoms with Crippen LogP contribution in [0.2, 0.25) is 0 Å². The summed E-state index contributed by atoms with van der Waals surface area (Å²) < 4.78 is 0. The highest BCUT2D eigenvalue weighted by molar-refractivity contribution is 5.98. The summed E-state index contributed by atoms with van der Waals surface area (Å²) in [4.78, 5) is 18.8. The van der Waals surface area contributed by atoms with Crippen molar-refractivity contribution < 1.29 is 4.79 Å². The first-order chi connectivity index (χ1) is 9.92. The van der Waals surface area contributed by atoms with E-state index in [1.165, 1.54) is 0 Å². The number of ketones is 1. The van der Waals surface area contributed by atoms with E-state index in [2.05, 4.69) is 25.3 Å². The van der Waals surface area contributed by atoms with Crippen molar-refractivity contribution in [1.82, 2.24) is 4.90 Å². The number of amidine groups is 1. The van der Waals surface area contributed by atoms with E-state index in [1.807, 2.05) is 26.8 Å². The van der Waals surface area contributed by atoms with E-state index in [1.54, 1.807) is 13.0 Å². The molecule has 0 aliphatic heterocycles. The zero-order valence-electron chi connectivity index (χ0n) is 14.5. The number of carbonyl (C=O) groups excluding carboxylic acids is 1. The fourth-order valence-electron chi connectivity index (χ4n) is 2.11. The SMILES string of the molecule is C=C/C(C(C)=O)=C(N=C(C)N(CCC)CCC)/C(C)=C\C. The van der Waals surface area contributed by atoms with Crippen LogP contribution in [0.1, 0.15) is 54.4 Å². The molecule has 0 radical (unpaired) electrons. The maximum absolute atomic E-state index is 11.8. The minimum Gasteiger partial charge on any atom is -0.360 e. The molecular weight excluding hydrogens is 260 g/mol. The highest BCUT2D eigenvalue weighted by Crippen LogP contribution is 2.19. The molecule has 0 aliphatic rings. The van der Waals surface area contributed by atoms with Crippen molar-refractivity contribution in [2.45, 2.75) is 54.4 Å². The lowest BCUT2D eigenvalue weighted by atomic mass is 10.0. The van der Waals surface area contributed by atoms with Crippen molar-refractivity contribution in [3.05, 3.63) is 35.6 Å². The Balaban J connectivity index is 5.81. The average Bonchev–Trinajstić information content (AvgIpc) is 2.45. The lowest BCUT2D eigenvalue weighted by Crippen LogP contribution is -2.30. The van der Waals surface area contributed by atoms with Crippen LogP contribution in [0.15, 0.2) is 40.6 Å². The zero-order valence-corrected chi connectivity index (χ0v) is 14.5. The first kappa shape index (κ1) is 19.4. The molecule has 0 rings (SSSR count). The fraction of sp³-hybridized carbons (Fsp3) is 0.556. The van der Waals surface area contributed by atoms with Crippen LogP contribution in [0.4, 0.5) is 0 Å². The Bertz CT molecular complexity index is 450. The molecule has 0 aromatic heterocycles. The maximum atomic E-state index is 11.8. The van der Waals surface area contributed by atoms with Gasteiger partial charge in [0.25, 0.3) is 0 Å². The zero-order chi connectivity index (χ0) is 16.4. The van der Waals surface area contributed by atoms with Crippen molar-refractivity contribution in [3.63, 3.8) is 0 Å². The van der Waals surface area contributed by atoms with Gasteiger partial charge in [-0.3, -0.25) is 4.79 Å². The Morgan fingerprint density at radius 1 is 1.14 bits per heavy atom. The second-order valence-corrected chi connectivity index (χ2v) is 5.14. The molecule has 0 saturated heterocycles. The predicted octanol–water partition coefficient (Wildman–Crippen LogP) is 4.52. The van der Waals surface area contributed by atoms with E-state index in [4.69, 9.17) is 4.99 Å². The number of nitrogens with zero attached hydrogens (tertiary/aromatic N) is 2. The first-order valence-corrected chi connectivity index (χ1v) is 7.73. The van der Waals surface area contributed by atoms with Gasteiger partial charge in [-0.2, -0.15) is 0 Å². The molecule has 0 saturated carbocycles. The van der Waals surface area contributed by atoms with Crippen LogP contribution in [0, 0.1) is 0 Å². The molecule has 0 bridgehead atoms. The molecule has 0 heterocycles. The second-order valence-electron chi connectivity index (χ2n) is 5.14. The number of rotatable bonds is 8. The molecule has 3 heteroatoms. The number of hydrogen-bond acceptors (Lipinski definition) is 2. The van der Waals surface area contributed by atoms with Gasteiger partial charge in [-0.05, 0) is 46.1 Å². The van der Waals surface area contributed by atoms with Crippen LogP contribution in [-0.4, -0.2) is 29.6 Å². The maximum Gasteiger partial charge on any atom is 0.161 e. The second kappa shape index (κ2) is 10.1. The monoisotopic (exact) mass is 290 g/mol. The summed E-state index contributed by atoms with van der Waals surface area (Å²) in [6.07, 6.45) is 5.74. The van der Waals surface area contributed by atoms with E-state index < -0.39 is 0 Å². The topological polar surface area (TPSA) is 32.7 Å². The largest absolute Gasteiger partial charge is 0.360 e.